The van der Waals surface area contributed by atoms with Crippen molar-refractivity contribution in [3.05, 3.63) is 39.7 Å². The van der Waals surface area contributed by atoms with Gasteiger partial charge in [0, 0.05) is 35.1 Å². The van der Waals surface area contributed by atoms with E-state index in [9.17, 15) is 4.79 Å². The third-order valence-corrected chi connectivity index (χ3v) is 7.87. The first kappa shape index (κ1) is 20.7. The Balaban J connectivity index is 1.26. The zero-order chi connectivity index (χ0) is 21.6. The van der Waals surface area contributed by atoms with Gasteiger partial charge in [0.05, 0.1) is 27.9 Å². The molecule has 1 aliphatic heterocycles. The zero-order valence-corrected chi connectivity index (χ0v) is 20.0. The molecule has 2 aromatic heterocycles. The molecular formula is C23H26IN5O2. The standard InChI is InChI=1S/C23H26IN5O2/c1-3-4-9-31-22(30)28-13-23(14-28)11-18(12-23)29-15(2)20(24)21(27-29)17-5-6-19-16(10-17)7-8-25-26-19/h5-8,10,18H,3-4,9,11-14H2,1-2H3. The summed E-state index contributed by atoms with van der Waals surface area (Å²) in [5, 5.41) is 14.2. The predicted molar refractivity (Wildman–Crippen MR) is 127 cm³/mol. The van der Waals surface area contributed by atoms with Crippen LogP contribution >= 0.6 is 22.6 Å². The molecule has 5 rings (SSSR count). The van der Waals surface area contributed by atoms with Crippen LogP contribution in [0, 0.1) is 15.9 Å². The van der Waals surface area contributed by atoms with Crippen LogP contribution in [0.1, 0.15) is 44.3 Å². The lowest BCUT2D eigenvalue weighted by Crippen LogP contribution is -2.64. The van der Waals surface area contributed by atoms with Crippen LogP contribution in [0.5, 0.6) is 0 Å². The van der Waals surface area contributed by atoms with Crippen molar-refractivity contribution in [1.29, 1.82) is 0 Å². The van der Waals surface area contributed by atoms with Crippen molar-refractivity contribution in [1.82, 2.24) is 24.9 Å². The third-order valence-electron chi connectivity index (χ3n) is 6.58. The van der Waals surface area contributed by atoms with E-state index in [0.717, 1.165) is 60.9 Å². The molecule has 1 amide bonds. The Morgan fingerprint density at radius 2 is 2.10 bits per heavy atom. The highest BCUT2D eigenvalue weighted by atomic mass is 127. The number of likely N-dealkylation sites (tertiary alicyclic amines) is 1. The molecule has 31 heavy (non-hydrogen) atoms. The molecule has 2 aliphatic rings. The van der Waals surface area contributed by atoms with E-state index in [-0.39, 0.29) is 11.5 Å². The Labute approximate surface area is 195 Å². The molecule has 1 saturated heterocycles. The minimum absolute atomic E-state index is 0.157. The summed E-state index contributed by atoms with van der Waals surface area (Å²) in [7, 11) is 0. The second-order valence-electron chi connectivity index (χ2n) is 8.88. The third kappa shape index (κ3) is 3.68. The number of nitrogens with zero attached hydrogens (tertiary/aromatic N) is 5. The van der Waals surface area contributed by atoms with E-state index in [4.69, 9.17) is 9.84 Å². The van der Waals surface area contributed by atoms with Crippen LogP contribution in [0.15, 0.2) is 30.5 Å². The van der Waals surface area contributed by atoms with Crippen molar-refractivity contribution in [2.75, 3.05) is 19.7 Å². The number of benzene rings is 1. The molecule has 162 valence electrons. The number of hydrogen-bond acceptors (Lipinski definition) is 5. The maximum atomic E-state index is 12.1. The molecule has 3 heterocycles. The van der Waals surface area contributed by atoms with Gasteiger partial charge >= 0.3 is 6.09 Å². The fourth-order valence-electron chi connectivity index (χ4n) is 4.83. The average molecular weight is 531 g/mol. The summed E-state index contributed by atoms with van der Waals surface area (Å²) in [5.74, 6) is 0. The minimum Gasteiger partial charge on any atom is -0.449 e. The Morgan fingerprint density at radius 3 is 2.87 bits per heavy atom. The van der Waals surface area contributed by atoms with Crippen LogP contribution < -0.4 is 0 Å². The number of amides is 1. The molecule has 1 spiro atoms. The van der Waals surface area contributed by atoms with Crippen LogP contribution in [0.2, 0.25) is 0 Å². The number of fused-ring (bicyclic) bond motifs is 1. The Kier molecular flexibility index (Phi) is 5.35. The summed E-state index contributed by atoms with van der Waals surface area (Å²) in [6, 6.07) is 8.58. The number of ether oxygens (including phenoxy) is 1. The van der Waals surface area contributed by atoms with E-state index in [1.54, 1.807) is 6.20 Å². The summed E-state index contributed by atoms with van der Waals surface area (Å²) in [5.41, 5.74) is 4.47. The van der Waals surface area contributed by atoms with Gasteiger partial charge in [-0.15, -0.1) is 0 Å². The Morgan fingerprint density at radius 1 is 1.29 bits per heavy atom. The summed E-state index contributed by atoms with van der Waals surface area (Å²) >= 11 is 2.41. The molecule has 7 nitrogen and oxygen atoms in total. The highest BCUT2D eigenvalue weighted by Gasteiger charge is 2.55. The van der Waals surface area contributed by atoms with E-state index < -0.39 is 0 Å². The maximum absolute atomic E-state index is 12.1. The predicted octanol–water partition coefficient (Wildman–Crippen LogP) is 4.98. The molecule has 0 radical (unpaired) electrons. The first-order valence-electron chi connectivity index (χ1n) is 10.9. The minimum atomic E-state index is -0.157. The quantitative estimate of drug-likeness (QED) is 0.343. The van der Waals surface area contributed by atoms with E-state index in [1.807, 2.05) is 17.0 Å². The van der Waals surface area contributed by atoms with Crippen LogP contribution in [0.3, 0.4) is 0 Å². The van der Waals surface area contributed by atoms with Gasteiger partial charge in [-0.25, -0.2) is 4.79 Å². The monoisotopic (exact) mass is 531 g/mol. The molecule has 1 saturated carbocycles. The van der Waals surface area contributed by atoms with Crippen molar-refractivity contribution in [3.63, 3.8) is 0 Å². The summed E-state index contributed by atoms with van der Waals surface area (Å²) in [6.07, 6.45) is 5.66. The van der Waals surface area contributed by atoms with Crippen LogP contribution in [0.4, 0.5) is 4.79 Å². The molecule has 3 aromatic rings. The topological polar surface area (TPSA) is 73.1 Å². The molecule has 1 aliphatic carbocycles. The van der Waals surface area contributed by atoms with Gasteiger partial charge in [-0.05, 0) is 67.0 Å². The highest BCUT2D eigenvalue weighted by molar-refractivity contribution is 14.1. The van der Waals surface area contributed by atoms with Gasteiger partial charge in [0.2, 0.25) is 0 Å². The summed E-state index contributed by atoms with van der Waals surface area (Å²) < 4.78 is 8.72. The SMILES string of the molecule is CCCCOC(=O)N1CC2(CC(n3nc(-c4ccc5nnccc5c4)c(I)c3C)C2)C1. The molecular weight excluding hydrogens is 505 g/mol. The number of aromatic nitrogens is 4. The Bertz CT molecular complexity index is 1130. The van der Waals surface area contributed by atoms with Crippen molar-refractivity contribution in [3.8, 4) is 11.3 Å². The smallest absolute Gasteiger partial charge is 0.409 e. The number of unbranched alkanes of at least 4 members (excludes halogenated alkanes) is 1. The average Bonchev–Trinajstić information content (AvgIpc) is 3.01. The van der Waals surface area contributed by atoms with E-state index in [2.05, 4.69) is 63.5 Å². The number of hydrogen-bond donors (Lipinski definition) is 0. The van der Waals surface area contributed by atoms with Gasteiger partial charge in [-0.3, -0.25) is 4.68 Å². The first-order valence-corrected chi connectivity index (χ1v) is 12.0. The number of carbonyl (C=O) groups excluding carboxylic acids is 1. The lowest BCUT2D eigenvalue weighted by atomic mass is 9.61. The summed E-state index contributed by atoms with van der Waals surface area (Å²) in [4.78, 5) is 14.0. The molecule has 1 aromatic carbocycles. The number of rotatable bonds is 5. The molecule has 0 atom stereocenters. The fraction of sp³-hybridized carbons (Fsp3) is 0.478. The second kappa shape index (κ2) is 8.03. The maximum Gasteiger partial charge on any atom is 0.409 e. The lowest BCUT2D eigenvalue weighted by Gasteiger charge is -2.58. The first-order chi connectivity index (χ1) is 15.0. The van der Waals surface area contributed by atoms with Crippen molar-refractivity contribution < 1.29 is 9.53 Å². The molecule has 0 N–H and O–H groups in total. The van der Waals surface area contributed by atoms with Crippen LogP contribution in [-0.4, -0.2) is 50.7 Å². The second-order valence-corrected chi connectivity index (χ2v) is 9.96. The van der Waals surface area contributed by atoms with Crippen molar-refractivity contribution in [2.45, 2.75) is 45.6 Å². The van der Waals surface area contributed by atoms with Gasteiger partial charge < -0.3 is 9.64 Å². The van der Waals surface area contributed by atoms with Crippen LogP contribution in [-0.2, 0) is 4.74 Å². The van der Waals surface area contributed by atoms with Crippen molar-refractivity contribution in [2.24, 2.45) is 5.41 Å². The van der Waals surface area contributed by atoms with Gasteiger partial charge in [0.15, 0.2) is 0 Å². The normalized spacial score (nSPS) is 17.6. The van der Waals surface area contributed by atoms with Gasteiger partial charge in [0.25, 0.3) is 0 Å². The molecule has 0 unspecified atom stereocenters. The van der Waals surface area contributed by atoms with Gasteiger partial charge in [-0.1, -0.05) is 19.4 Å². The Hall–Kier alpha value is -2.23. The van der Waals surface area contributed by atoms with E-state index in [1.165, 1.54) is 9.26 Å². The van der Waals surface area contributed by atoms with Crippen molar-refractivity contribution >= 4 is 39.6 Å². The molecule has 8 heteroatoms. The van der Waals surface area contributed by atoms with Gasteiger partial charge in [-0.2, -0.15) is 15.3 Å². The fourth-order valence-corrected chi connectivity index (χ4v) is 5.50. The lowest BCUT2D eigenvalue weighted by molar-refractivity contribution is -0.0825. The largest absolute Gasteiger partial charge is 0.449 e. The number of halogens is 1. The highest BCUT2D eigenvalue weighted by Crippen LogP contribution is 2.54. The number of carbonyl (C=O) groups is 1. The molecule has 2 fully saturated rings. The summed E-state index contributed by atoms with van der Waals surface area (Å²) in [6.45, 7) is 6.39. The van der Waals surface area contributed by atoms with E-state index in [0.29, 0.717) is 12.6 Å². The van der Waals surface area contributed by atoms with E-state index >= 15 is 0 Å². The van der Waals surface area contributed by atoms with Gasteiger partial charge in [0.1, 0.15) is 5.69 Å². The molecule has 0 bridgehead atoms. The van der Waals surface area contributed by atoms with Crippen LogP contribution in [0.25, 0.3) is 22.2 Å². The zero-order valence-electron chi connectivity index (χ0n) is 17.8.